The number of carbonyl (C=O) groups excluding carboxylic acids is 3. The van der Waals surface area contributed by atoms with E-state index in [4.69, 9.17) is 11.6 Å². The first-order valence-electron chi connectivity index (χ1n) is 7.81. The number of aryl methyl sites for hydroxylation is 1. The second kappa shape index (κ2) is 6.33. The van der Waals surface area contributed by atoms with Gasteiger partial charge in [-0.3, -0.25) is 19.4 Å². The Morgan fingerprint density at radius 3 is 2.28 bits per heavy atom. The third-order valence-corrected chi connectivity index (χ3v) is 4.43. The van der Waals surface area contributed by atoms with E-state index in [1.165, 1.54) is 0 Å². The molecule has 1 aliphatic heterocycles. The predicted molar refractivity (Wildman–Crippen MR) is 91.2 cm³/mol. The Bertz CT molecular complexity index is 860. The normalized spacial score (nSPS) is 15.0. The number of rotatable bonds is 4. The highest BCUT2D eigenvalue weighted by atomic mass is 35.5. The summed E-state index contributed by atoms with van der Waals surface area (Å²) in [6.07, 6.45) is 0. The first-order chi connectivity index (χ1) is 11.8. The molecule has 0 spiro atoms. The molecule has 1 aromatic heterocycles. The van der Waals surface area contributed by atoms with Gasteiger partial charge >= 0.3 is 17.8 Å². The van der Waals surface area contributed by atoms with Crippen LogP contribution in [0.1, 0.15) is 25.1 Å². The monoisotopic (exact) mass is 360 g/mol. The first-order valence-corrected chi connectivity index (χ1v) is 8.19. The number of para-hydroxylation sites is 1. The van der Waals surface area contributed by atoms with E-state index in [1.54, 1.807) is 25.5 Å². The zero-order valence-corrected chi connectivity index (χ0v) is 14.8. The quantitative estimate of drug-likeness (QED) is 0.620. The molecular formula is C17H17ClN4O3. The van der Waals surface area contributed by atoms with E-state index in [2.05, 4.69) is 5.10 Å². The van der Waals surface area contributed by atoms with Crippen LogP contribution in [0.15, 0.2) is 30.3 Å². The number of nitrogens with zero attached hydrogens (tertiary/aromatic N) is 4. The molecule has 0 unspecified atom stereocenters. The van der Waals surface area contributed by atoms with Gasteiger partial charge in [-0.25, -0.2) is 9.48 Å². The Morgan fingerprint density at radius 1 is 1.08 bits per heavy atom. The van der Waals surface area contributed by atoms with Gasteiger partial charge in [0, 0.05) is 11.6 Å². The maximum absolute atomic E-state index is 12.4. The van der Waals surface area contributed by atoms with Gasteiger partial charge in [-0.2, -0.15) is 5.10 Å². The van der Waals surface area contributed by atoms with Crippen molar-refractivity contribution >= 4 is 29.4 Å². The number of aromatic nitrogens is 2. The van der Waals surface area contributed by atoms with Crippen molar-refractivity contribution in [3.8, 4) is 5.69 Å². The van der Waals surface area contributed by atoms with Gasteiger partial charge in [0.1, 0.15) is 5.15 Å². The van der Waals surface area contributed by atoms with Crippen molar-refractivity contribution in [1.29, 1.82) is 0 Å². The smallest absolute Gasteiger partial charge is 0.263 e. The van der Waals surface area contributed by atoms with Crippen LogP contribution in [0.4, 0.5) is 4.79 Å². The van der Waals surface area contributed by atoms with Gasteiger partial charge in [-0.05, 0) is 32.9 Å². The van der Waals surface area contributed by atoms with Crippen molar-refractivity contribution in [1.82, 2.24) is 19.6 Å². The fraction of sp³-hybridized carbons (Fsp3) is 0.294. The summed E-state index contributed by atoms with van der Waals surface area (Å²) >= 11 is 6.43. The lowest BCUT2D eigenvalue weighted by molar-refractivity contribution is -0.144. The molecule has 8 heteroatoms. The second-order valence-corrected chi connectivity index (χ2v) is 6.40. The number of halogens is 1. The van der Waals surface area contributed by atoms with Crippen LogP contribution < -0.4 is 0 Å². The van der Waals surface area contributed by atoms with E-state index in [9.17, 15) is 14.4 Å². The standard InChI is InChI=1S/C17H17ClN4O3/c1-10(2)21-16(24)15(23)20(17(21)25)9-13-11(3)19-22(14(13)18)12-7-5-4-6-8-12/h4-8,10H,9H2,1-3H3. The molecule has 2 aromatic rings. The van der Waals surface area contributed by atoms with Crippen molar-refractivity contribution in [2.75, 3.05) is 0 Å². The molecule has 0 atom stereocenters. The zero-order valence-electron chi connectivity index (χ0n) is 14.1. The summed E-state index contributed by atoms with van der Waals surface area (Å²) in [7, 11) is 0. The lowest BCUT2D eigenvalue weighted by Crippen LogP contribution is -2.37. The van der Waals surface area contributed by atoms with Crippen LogP contribution in [0.5, 0.6) is 0 Å². The summed E-state index contributed by atoms with van der Waals surface area (Å²) in [4.78, 5) is 38.5. The van der Waals surface area contributed by atoms with E-state index in [-0.39, 0.29) is 6.54 Å². The SMILES string of the molecule is Cc1nn(-c2ccccc2)c(Cl)c1CN1C(=O)C(=O)N(C(C)C)C1=O. The Balaban J connectivity index is 1.94. The number of benzene rings is 1. The van der Waals surface area contributed by atoms with Gasteiger partial charge in [-0.1, -0.05) is 29.8 Å². The zero-order chi connectivity index (χ0) is 18.3. The molecule has 1 saturated heterocycles. The summed E-state index contributed by atoms with van der Waals surface area (Å²) in [5.74, 6) is -1.66. The molecule has 3 rings (SSSR count). The van der Waals surface area contributed by atoms with Crippen LogP contribution in [0, 0.1) is 6.92 Å². The lowest BCUT2D eigenvalue weighted by atomic mass is 10.2. The predicted octanol–water partition coefficient (Wildman–Crippen LogP) is 2.53. The van der Waals surface area contributed by atoms with Crippen LogP contribution in [0.3, 0.4) is 0 Å². The van der Waals surface area contributed by atoms with Crippen LogP contribution in [-0.4, -0.2) is 43.5 Å². The maximum atomic E-state index is 12.4. The van der Waals surface area contributed by atoms with Crippen LogP contribution in [0.25, 0.3) is 5.69 Å². The summed E-state index contributed by atoms with van der Waals surface area (Å²) in [6, 6.07) is 8.26. The highest BCUT2D eigenvalue weighted by Crippen LogP contribution is 2.27. The molecule has 1 fully saturated rings. The Kier molecular flexibility index (Phi) is 4.34. The number of urea groups is 1. The fourth-order valence-corrected chi connectivity index (χ4v) is 3.06. The van der Waals surface area contributed by atoms with Crippen LogP contribution in [-0.2, 0) is 16.1 Å². The summed E-state index contributed by atoms with van der Waals surface area (Å²) in [6.45, 7) is 5.01. The van der Waals surface area contributed by atoms with Crippen molar-refractivity contribution in [2.45, 2.75) is 33.4 Å². The largest absolute Gasteiger partial charge is 0.334 e. The van der Waals surface area contributed by atoms with Crippen molar-refractivity contribution < 1.29 is 14.4 Å². The van der Waals surface area contributed by atoms with Gasteiger partial charge in [0.2, 0.25) is 0 Å². The number of amides is 4. The minimum absolute atomic E-state index is 0.0931. The molecule has 25 heavy (non-hydrogen) atoms. The van der Waals surface area contributed by atoms with E-state index < -0.39 is 23.9 Å². The van der Waals surface area contributed by atoms with Crippen molar-refractivity contribution in [2.24, 2.45) is 0 Å². The minimum atomic E-state index is -0.846. The van der Waals surface area contributed by atoms with Crippen molar-refractivity contribution in [3.05, 3.63) is 46.7 Å². The Morgan fingerprint density at radius 2 is 1.72 bits per heavy atom. The lowest BCUT2D eigenvalue weighted by Gasteiger charge is -2.18. The molecule has 2 heterocycles. The van der Waals surface area contributed by atoms with Crippen molar-refractivity contribution in [3.63, 3.8) is 0 Å². The maximum Gasteiger partial charge on any atom is 0.334 e. The fourth-order valence-electron chi connectivity index (χ4n) is 2.73. The third-order valence-electron chi connectivity index (χ3n) is 4.04. The van der Waals surface area contributed by atoms with Crippen LogP contribution >= 0.6 is 11.6 Å². The number of carbonyl (C=O) groups is 3. The van der Waals surface area contributed by atoms with Gasteiger partial charge < -0.3 is 0 Å². The van der Waals surface area contributed by atoms with E-state index in [0.717, 1.165) is 15.5 Å². The van der Waals surface area contributed by atoms with Gasteiger partial charge in [0.05, 0.1) is 17.9 Å². The van der Waals surface area contributed by atoms with Gasteiger partial charge in [0.15, 0.2) is 0 Å². The average Bonchev–Trinajstić information content (AvgIpc) is 2.97. The highest BCUT2D eigenvalue weighted by Gasteiger charge is 2.46. The molecule has 0 bridgehead atoms. The number of hydrogen-bond donors (Lipinski definition) is 0. The van der Waals surface area contributed by atoms with Gasteiger partial charge in [-0.15, -0.1) is 0 Å². The molecule has 130 valence electrons. The van der Waals surface area contributed by atoms with E-state index in [1.807, 2.05) is 30.3 Å². The minimum Gasteiger partial charge on any atom is -0.263 e. The first kappa shape index (κ1) is 17.2. The molecule has 0 N–H and O–H groups in total. The van der Waals surface area contributed by atoms with Crippen LogP contribution in [0.2, 0.25) is 5.15 Å². The topological polar surface area (TPSA) is 75.5 Å². The molecule has 7 nitrogen and oxygen atoms in total. The number of imide groups is 2. The Labute approximate surface area is 149 Å². The molecular weight excluding hydrogens is 344 g/mol. The third kappa shape index (κ3) is 2.80. The molecule has 0 aliphatic carbocycles. The van der Waals surface area contributed by atoms with Gasteiger partial charge in [0.25, 0.3) is 0 Å². The summed E-state index contributed by atoms with van der Waals surface area (Å²) < 4.78 is 1.54. The number of hydrogen-bond acceptors (Lipinski definition) is 4. The molecule has 1 aromatic carbocycles. The molecule has 0 radical (unpaired) electrons. The average molecular weight is 361 g/mol. The Hall–Kier alpha value is -2.67. The van der Waals surface area contributed by atoms with E-state index >= 15 is 0 Å². The molecule has 4 amide bonds. The second-order valence-electron chi connectivity index (χ2n) is 6.04. The van der Waals surface area contributed by atoms with E-state index in [0.29, 0.717) is 16.4 Å². The summed E-state index contributed by atoms with van der Waals surface area (Å²) in [5, 5.41) is 4.69. The molecule has 1 aliphatic rings. The summed E-state index contributed by atoms with van der Waals surface area (Å²) in [5.41, 5.74) is 1.89. The molecule has 0 saturated carbocycles. The highest BCUT2D eigenvalue weighted by molar-refractivity contribution is 6.44.